The average Bonchev–Trinajstić information content (AvgIpc) is 2.64. The summed E-state index contributed by atoms with van der Waals surface area (Å²) in [7, 11) is -3.53. The van der Waals surface area contributed by atoms with Crippen molar-refractivity contribution in [3.63, 3.8) is 0 Å². The van der Waals surface area contributed by atoms with E-state index in [1.807, 2.05) is 20.1 Å². The molecule has 6 nitrogen and oxygen atoms in total. The molecule has 1 aliphatic rings. The van der Waals surface area contributed by atoms with Gasteiger partial charge in [-0.1, -0.05) is 6.42 Å². The molecule has 1 amide bonds. The number of hydrogen-bond acceptors (Lipinski definition) is 5. The second kappa shape index (κ2) is 9.62. The van der Waals surface area contributed by atoms with E-state index in [1.165, 1.54) is 11.8 Å². The molecule has 1 saturated heterocycles. The van der Waals surface area contributed by atoms with Gasteiger partial charge in [0.2, 0.25) is 15.9 Å². The molecule has 0 spiro atoms. The third kappa shape index (κ3) is 4.92. The van der Waals surface area contributed by atoms with Crippen molar-refractivity contribution in [1.29, 1.82) is 0 Å². The van der Waals surface area contributed by atoms with Crippen LogP contribution in [-0.2, 0) is 14.8 Å². The van der Waals surface area contributed by atoms with E-state index in [4.69, 9.17) is 0 Å². The van der Waals surface area contributed by atoms with Gasteiger partial charge in [0.05, 0.1) is 22.0 Å². The number of rotatable bonds is 8. The normalized spacial score (nSPS) is 15.7. The monoisotopic (exact) mass is 399 g/mol. The minimum atomic E-state index is -3.53. The highest BCUT2D eigenvalue weighted by Gasteiger charge is 2.27. The molecule has 8 heteroatoms. The highest BCUT2D eigenvalue weighted by molar-refractivity contribution is 7.99. The van der Waals surface area contributed by atoms with Crippen LogP contribution in [0, 0.1) is 0 Å². The van der Waals surface area contributed by atoms with E-state index in [-0.39, 0.29) is 10.8 Å². The molecule has 1 aromatic carbocycles. The molecule has 0 unspecified atom stereocenters. The molecule has 1 N–H and O–H groups in total. The lowest BCUT2D eigenvalue weighted by Crippen LogP contribution is -2.35. The van der Waals surface area contributed by atoms with Crippen LogP contribution in [0.2, 0.25) is 0 Å². The number of benzene rings is 1. The smallest absolute Gasteiger partial charge is 0.243 e. The van der Waals surface area contributed by atoms with Gasteiger partial charge in [0, 0.05) is 26.2 Å². The minimum Gasteiger partial charge on any atom is -0.370 e. The van der Waals surface area contributed by atoms with Gasteiger partial charge in [0.1, 0.15) is 0 Å². The molecule has 1 heterocycles. The van der Waals surface area contributed by atoms with Gasteiger partial charge < -0.3 is 10.2 Å². The summed E-state index contributed by atoms with van der Waals surface area (Å²) >= 11 is 1.44. The van der Waals surface area contributed by atoms with Crippen molar-refractivity contribution in [1.82, 2.24) is 4.31 Å². The zero-order valence-corrected chi connectivity index (χ0v) is 17.5. The van der Waals surface area contributed by atoms with Crippen LogP contribution >= 0.6 is 11.8 Å². The summed E-state index contributed by atoms with van der Waals surface area (Å²) in [5.74, 6) is 0.208. The summed E-state index contributed by atoms with van der Waals surface area (Å²) in [5, 5.41) is 2.89. The SMILES string of the molecule is CCN(CC)c1ccc(S(=O)(=O)N2CCCCC2)cc1NC(=O)CSC. The van der Waals surface area contributed by atoms with Crippen LogP contribution in [-0.4, -0.2) is 56.8 Å². The Morgan fingerprint density at radius 1 is 1.19 bits per heavy atom. The maximum absolute atomic E-state index is 13.0. The molecular weight excluding hydrogens is 370 g/mol. The van der Waals surface area contributed by atoms with Gasteiger partial charge in [-0.05, 0) is 51.1 Å². The van der Waals surface area contributed by atoms with Gasteiger partial charge in [-0.3, -0.25) is 4.79 Å². The highest BCUT2D eigenvalue weighted by atomic mass is 32.2. The van der Waals surface area contributed by atoms with Crippen LogP contribution in [0.25, 0.3) is 0 Å². The molecule has 0 aliphatic carbocycles. The lowest BCUT2D eigenvalue weighted by atomic mass is 10.2. The predicted molar refractivity (Wildman–Crippen MR) is 110 cm³/mol. The Hall–Kier alpha value is -1.25. The van der Waals surface area contributed by atoms with Gasteiger partial charge in [0.25, 0.3) is 0 Å². The van der Waals surface area contributed by atoms with E-state index in [9.17, 15) is 13.2 Å². The van der Waals surface area contributed by atoms with Crippen molar-refractivity contribution < 1.29 is 13.2 Å². The number of thioether (sulfide) groups is 1. The van der Waals surface area contributed by atoms with Gasteiger partial charge in [-0.2, -0.15) is 16.1 Å². The molecule has 1 aromatic rings. The first-order chi connectivity index (χ1) is 12.4. The first-order valence-electron chi connectivity index (χ1n) is 9.12. The lowest BCUT2D eigenvalue weighted by Gasteiger charge is -2.28. The van der Waals surface area contributed by atoms with Gasteiger partial charge in [-0.25, -0.2) is 8.42 Å². The maximum Gasteiger partial charge on any atom is 0.243 e. The first kappa shape index (κ1) is 21.1. The number of sulfonamides is 1. The topological polar surface area (TPSA) is 69.7 Å². The molecule has 26 heavy (non-hydrogen) atoms. The molecule has 0 atom stereocenters. The highest BCUT2D eigenvalue weighted by Crippen LogP contribution is 2.31. The fourth-order valence-corrected chi connectivity index (χ4v) is 5.07. The Kier molecular flexibility index (Phi) is 7.79. The minimum absolute atomic E-state index is 0.126. The molecule has 0 saturated carbocycles. The van der Waals surface area contributed by atoms with E-state index in [0.717, 1.165) is 38.0 Å². The number of hydrogen-bond donors (Lipinski definition) is 1. The van der Waals surface area contributed by atoms with Gasteiger partial charge >= 0.3 is 0 Å². The molecule has 146 valence electrons. The molecule has 1 aliphatic heterocycles. The second-order valence-corrected chi connectivity index (χ2v) is 9.10. The van der Waals surface area contributed by atoms with E-state index in [1.54, 1.807) is 22.5 Å². The van der Waals surface area contributed by atoms with Gasteiger partial charge in [0.15, 0.2) is 0 Å². The zero-order valence-electron chi connectivity index (χ0n) is 15.8. The van der Waals surface area contributed by atoms with Crippen molar-refractivity contribution in [3.8, 4) is 0 Å². The molecule has 1 fully saturated rings. The van der Waals surface area contributed by atoms with Crippen LogP contribution in [0.15, 0.2) is 23.1 Å². The van der Waals surface area contributed by atoms with Crippen LogP contribution in [0.5, 0.6) is 0 Å². The second-order valence-electron chi connectivity index (χ2n) is 6.30. The fraction of sp³-hybridized carbons (Fsp3) is 0.611. The Bertz CT molecular complexity index is 712. The summed E-state index contributed by atoms with van der Waals surface area (Å²) in [6.45, 7) is 6.76. The quantitative estimate of drug-likeness (QED) is 0.728. The summed E-state index contributed by atoms with van der Waals surface area (Å²) < 4.78 is 27.5. The largest absolute Gasteiger partial charge is 0.370 e. The number of nitrogens with zero attached hydrogens (tertiary/aromatic N) is 2. The zero-order chi connectivity index (χ0) is 19.2. The van der Waals surface area contributed by atoms with E-state index >= 15 is 0 Å². The van der Waals surface area contributed by atoms with Crippen LogP contribution in [0.1, 0.15) is 33.1 Å². The number of nitrogens with one attached hydrogen (secondary N) is 1. The van der Waals surface area contributed by atoms with E-state index < -0.39 is 10.0 Å². The summed E-state index contributed by atoms with van der Waals surface area (Å²) in [5.41, 5.74) is 1.41. The summed E-state index contributed by atoms with van der Waals surface area (Å²) in [4.78, 5) is 14.5. The van der Waals surface area contributed by atoms with Crippen LogP contribution in [0.3, 0.4) is 0 Å². The van der Waals surface area contributed by atoms with Crippen molar-refractivity contribution >= 4 is 39.1 Å². The molecule has 2 rings (SSSR count). The van der Waals surface area contributed by atoms with Gasteiger partial charge in [-0.15, -0.1) is 0 Å². The molecule has 0 bridgehead atoms. The van der Waals surface area contributed by atoms with Crippen LogP contribution in [0.4, 0.5) is 11.4 Å². The van der Waals surface area contributed by atoms with E-state index in [2.05, 4.69) is 10.2 Å². The van der Waals surface area contributed by atoms with Crippen LogP contribution < -0.4 is 10.2 Å². The number of carbonyl (C=O) groups excluding carboxylic acids is 1. The number of piperidine rings is 1. The Labute approximate surface area is 161 Å². The number of carbonyl (C=O) groups is 1. The third-order valence-corrected chi connectivity index (χ3v) is 7.02. The Morgan fingerprint density at radius 2 is 1.85 bits per heavy atom. The third-order valence-electron chi connectivity index (χ3n) is 4.57. The Morgan fingerprint density at radius 3 is 2.42 bits per heavy atom. The maximum atomic E-state index is 13.0. The van der Waals surface area contributed by atoms with Crippen molar-refractivity contribution in [3.05, 3.63) is 18.2 Å². The van der Waals surface area contributed by atoms with E-state index in [0.29, 0.717) is 24.5 Å². The number of anilines is 2. The summed E-state index contributed by atoms with van der Waals surface area (Å²) in [6, 6.07) is 5.07. The molecule has 0 aromatic heterocycles. The predicted octanol–water partition coefficient (Wildman–Crippen LogP) is 3.01. The Balaban J connectivity index is 2.40. The first-order valence-corrected chi connectivity index (χ1v) is 11.9. The molecular formula is C18H29N3O3S2. The lowest BCUT2D eigenvalue weighted by molar-refractivity contribution is -0.113. The standard InChI is InChI=1S/C18H29N3O3S2/c1-4-20(5-2)17-10-9-15(13-16(17)19-18(22)14-25-3)26(23,24)21-11-7-6-8-12-21/h9-10,13H,4-8,11-12,14H2,1-3H3,(H,19,22). The fourth-order valence-electron chi connectivity index (χ4n) is 3.19. The number of amides is 1. The van der Waals surface area contributed by atoms with Crippen molar-refractivity contribution in [2.24, 2.45) is 0 Å². The summed E-state index contributed by atoms with van der Waals surface area (Å²) in [6.07, 6.45) is 4.73. The van der Waals surface area contributed by atoms with Crippen molar-refractivity contribution in [2.45, 2.75) is 38.0 Å². The molecule has 0 radical (unpaired) electrons. The van der Waals surface area contributed by atoms with Crippen molar-refractivity contribution in [2.75, 3.05) is 48.4 Å². The average molecular weight is 400 g/mol.